The summed E-state index contributed by atoms with van der Waals surface area (Å²) in [7, 11) is 0. The molecule has 0 aromatic carbocycles. The third-order valence-electron chi connectivity index (χ3n) is 0.903. The zero-order valence-electron chi connectivity index (χ0n) is 6.26. The van der Waals surface area contributed by atoms with Gasteiger partial charge in [0.1, 0.15) is 0 Å². The van der Waals surface area contributed by atoms with Gasteiger partial charge in [-0.25, -0.2) is 8.93 Å². The first-order valence-corrected chi connectivity index (χ1v) is 4.31. The van der Waals surface area contributed by atoms with Crippen LogP contribution in [0.15, 0.2) is 0 Å². The van der Waals surface area contributed by atoms with E-state index in [1.165, 1.54) is 0 Å². The average molecular weight is 166 g/mol. The maximum absolute atomic E-state index is 10.0. The number of nitrogens with one attached hydrogen (secondary N) is 2. The van der Waals surface area contributed by atoms with Crippen LogP contribution in [-0.2, 0) is 11.3 Å². The molecule has 0 bridgehead atoms. The third kappa shape index (κ3) is 8.03. The Bertz CT molecular complexity index is 108. The van der Waals surface area contributed by atoms with Gasteiger partial charge in [-0.1, -0.05) is 13.8 Å². The largest absolute Gasteiger partial charge is 0.313 e. The van der Waals surface area contributed by atoms with E-state index in [1.54, 1.807) is 0 Å². The molecule has 0 fully saturated rings. The lowest BCUT2D eigenvalue weighted by Gasteiger charge is -2.06. The maximum atomic E-state index is 10.0. The Morgan fingerprint density at radius 2 is 2.10 bits per heavy atom. The Hall–Kier alpha value is 0.0300. The van der Waals surface area contributed by atoms with Crippen molar-refractivity contribution in [2.75, 3.05) is 13.1 Å². The highest BCUT2D eigenvalue weighted by Crippen LogP contribution is 1.73. The maximum Gasteiger partial charge on any atom is 0.231 e. The van der Waals surface area contributed by atoms with Crippen LogP contribution in [0.2, 0.25) is 0 Å². The average Bonchev–Trinajstić information content (AvgIpc) is 1.79. The first-order chi connectivity index (χ1) is 4.63. The molecule has 1 atom stereocenters. The lowest BCUT2D eigenvalue weighted by Crippen LogP contribution is -2.32. The van der Waals surface area contributed by atoms with E-state index in [2.05, 4.69) is 10.0 Å². The Balaban J connectivity index is 2.98. The van der Waals surface area contributed by atoms with E-state index in [1.807, 2.05) is 13.8 Å². The van der Waals surface area contributed by atoms with Gasteiger partial charge >= 0.3 is 0 Å². The zero-order valence-corrected chi connectivity index (χ0v) is 7.07. The minimum absolute atomic E-state index is 0.425. The SMILES string of the molecule is CC(C)NCCNS(=O)O. The quantitative estimate of drug-likeness (QED) is 0.388. The van der Waals surface area contributed by atoms with Crippen LogP contribution in [0.25, 0.3) is 0 Å². The Morgan fingerprint density at radius 3 is 2.50 bits per heavy atom. The summed E-state index contributed by atoms with van der Waals surface area (Å²) < 4.78 is 20.6. The molecule has 3 N–H and O–H groups in total. The van der Waals surface area contributed by atoms with Crippen LogP contribution < -0.4 is 10.0 Å². The molecule has 0 aliphatic carbocycles. The molecule has 0 aliphatic rings. The lowest BCUT2D eigenvalue weighted by atomic mass is 10.4. The van der Waals surface area contributed by atoms with Crippen molar-refractivity contribution in [2.45, 2.75) is 19.9 Å². The molecule has 0 saturated heterocycles. The summed E-state index contributed by atoms with van der Waals surface area (Å²) in [4.78, 5) is 0. The molecular formula is C5H14N2O2S. The van der Waals surface area contributed by atoms with E-state index in [0.29, 0.717) is 19.1 Å². The van der Waals surface area contributed by atoms with Crippen LogP contribution in [0, 0.1) is 0 Å². The molecule has 0 rings (SSSR count). The van der Waals surface area contributed by atoms with Crippen molar-refractivity contribution in [2.24, 2.45) is 0 Å². The van der Waals surface area contributed by atoms with Crippen molar-refractivity contribution in [3.63, 3.8) is 0 Å². The Labute approximate surface area is 63.8 Å². The Morgan fingerprint density at radius 1 is 1.50 bits per heavy atom. The molecule has 10 heavy (non-hydrogen) atoms. The normalized spacial score (nSPS) is 14.0. The number of hydrogen-bond acceptors (Lipinski definition) is 2. The summed E-state index contributed by atoms with van der Waals surface area (Å²) in [6.45, 7) is 5.27. The number of rotatable bonds is 5. The van der Waals surface area contributed by atoms with Crippen molar-refractivity contribution in [3.8, 4) is 0 Å². The van der Waals surface area contributed by atoms with Crippen LogP contribution in [0.4, 0.5) is 0 Å². The molecular weight excluding hydrogens is 152 g/mol. The molecule has 0 amide bonds. The summed E-state index contributed by atoms with van der Waals surface area (Å²) in [6, 6.07) is 0.425. The van der Waals surface area contributed by atoms with E-state index < -0.39 is 11.3 Å². The van der Waals surface area contributed by atoms with Gasteiger partial charge in [0.15, 0.2) is 0 Å². The molecule has 0 saturated carbocycles. The molecule has 0 aliphatic heterocycles. The lowest BCUT2D eigenvalue weighted by molar-refractivity contribution is 0.537. The van der Waals surface area contributed by atoms with E-state index in [9.17, 15) is 4.21 Å². The van der Waals surface area contributed by atoms with E-state index in [0.717, 1.165) is 0 Å². The predicted molar refractivity (Wildman–Crippen MR) is 41.9 cm³/mol. The topological polar surface area (TPSA) is 61.4 Å². The molecule has 1 unspecified atom stereocenters. The van der Waals surface area contributed by atoms with Crippen LogP contribution in [-0.4, -0.2) is 27.9 Å². The molecule has 5 heteroatoms. The molecule has 0 spiro atoms. The molecule has 0 heterocycles. The summed E-state index contributed by atoms with van der Waals surface area (Å²) in [5, 5.41) is 3.09. The fraction of sp³-hybridized carbons (Fsp3) is 1.00. The summed E-state index contributed by atoms with van der Waals surface area (Å²) in [5.74, 6) is 0. The van der Waals surface area contributed by atoms with E-state index in [-0.39, 0.29) is 0 Å². The monoisotopic (exact) mass is 166 g/mol. The minimum Gasteiger partial charge on any atom is -0.313 e. The van der Waals surface area contributed by atoms with Crippen molar-refractivity contribution >= 4 is 11.3 Å². The van der Waals surface area contributed by atoms with Gasteiger partial charge in [0.25, 0.3) is 0 Å². The van der Waals surface area contributed by atoms with Crippen molar-refractivity contribution in [3.05, 3.63) is 0 Å². The number of hydrogen-bond donors (Lipinski definition) is 3. The standard InChI is InChI=1S/C5H14N2O2S/c1-5(2)6-3-4-7-10(8)9/h5-7H,3-4H2,1-2H3,(H,8,9). The second kappa shape index (κ2) is 5.79. The second-order valence-corrected chi connectivity index (χ2v) is 3.04. The molecule has 0 aromatic rings. The smallest absolute Gasteiger partial charge is 0.231 e. The van der Waals surface area contributed by atoms with Crippen LogP contribution >= 0.6 is 0 Å². The van der Waals surface area contributed by atoms with Crippen molar-refractivity contribution in [1.82, 2.24) is 10.0 Å². The van der Waals surface area contributed by atoms with Gasteiger partial charge in [-0.3, -0.25) is 4.55 Å². The fourth-order valence-corrected chi connectivity index (χ4v) is 0.776. The van der Waals surface area contributed by atoms with Crippen molar-refractivity contribution < 1.29 is 8.76 Å². The summed E-state index contributed by atoms with van der Waals surface area (Å²) in [5.41, 5.74) is 0. The van der Waals surface area contributed by atoms with Gasteiger partial charge in [-0.15, -0.1) is 0 Å². The highest BCUT2D eigenvalue weighted by Gasteiger charge is 1.92. The fourth-order valence-electron chi connectivity index (χ4n) is 0.499. The van der Waals surface area contributed by atoms with Crippen LogP contribution in [0.1, 0.15) is 13.8 Å². The van der Waals surface area contributed by atoms with E-state index >= 15 is 0 Å². The van der Waals surface area contributed by atoms with Gasteiger partial charge in [-0.05, 0) is 0 Å². The van der Waals surface area contributed by atoms with Gasteiger partial charge in [0.2, 0.25) is 11.3 Å². The molecule has 4 nitrogen and oxygen atoms in total. The van der Waals surface area contributed by atoms with Crippen molar-refractivity contribution in [1.29, 1.82) is 0 Å². The van der Waals surface area contributed by atoms with Crippen LogP contribution in [0.3, 0.4) is 0 Å². The predicted octanol–water partition coefficient (Wildman–Crippen LogP) is -0.289. The Kier molecular flexibility index (Phi) is 5.81. The van der Waals surface area contributed by atoms with Gasteiger partial charge in [0, 0.05) is 19.1 Å². The zero-order chi connectivity index (χ0) is 7.98. The van der Waals surface area contributed by atoms with Gasteiger partial charge in [-0.2, -0.15) is 0 Å². The molecule has 0 radical (unpaired) electrons. The third-order valence-corrected chi connectivity index (χ3v) is 1.35. The second-order valence-electron chi connectivity index (χ2n) is 2.25. The minimum atomic E-state index is -1.87. The van der Waals surface area contributed by atoms with Gasteiger partial charge in [0.05, 0.1) is 0 Å². The summed E-state index contributed by atoms with van der Waals surface area (Å²) >= 11 is -1.87. The summed E-state index contributed by atoms with van der Waals surface area (Å²) in [6.07, 6.45) is 0. The highest BCUT2D eigenvalue weighted by molar-refractivity contribution is 7.77. The molecule has 62 valence electrons. The van der Waals surface area contributed by atoms with Crippen LogP contribution in [0.5, 0.6) is 0 Å². The van der Waals surface area contributed by atoms with E-state index in [4.69, 9.17) is 4.55 Å². The molecule has 0 aromatic heterocycles. The van der Waals surface area contributed by atoms with Gasteiger partial charge < -0.3 is 5.32 Å². The first-order valence-electron chi connectivity index (χ1n) is 3.20. The highest BCUT2D eigenvalue weighted by atomic mass is 32.2. The first kappa shape index (κ1) is 10.0.